The molecule has 6 fully saturated rings. The van der Waals surface area contributed by atoms with Crippen LogP contribution >= 0.6 is 0 Å². The normalized spacial score (nSPS) is 59.2. The molecule has 0 aromatic heterocycles. The fraction of sp³-hybridized carbons (Fsp3) is 0.960. The maximum atomic E-state index is 12.9. The number of rotatable bonds is 5. The summed E-state index contributed by atoms with van der Waals surface area (Å²) < 4.78 is 18.2. The summed E-state index contributed by atoms with van der Waals surface area (Å²) >= 11 is 0. The van der Waals surface area contributed by atoms with Crippen molar-refractivity contribution in [2.75, 3.05) is 33.9 Å². The summed E-state index contributed by atoms with van der Waals surface area (Å²) in [6.45, 7) is 4.48. The zero-order valence-electron chi connectivity index (χ0n) is 20.5. The van der Waals surface area contributed by atoms with Gasteiger partial charge in [-0.05, 0) is 31.7 Å². The van der Waals surface area contributed by atoms with Crippen molar-refractivity contribution < 1.29 is 39.4 Å². The first-order chi connectivity index (χ1) is 16.1. The van der Waals surface area contributed by atoms with E-state index < -0.39 is 58.3 Å². The van der Waals surface area contributed by atoms with E-state index in [4.69, 9.17) is 14.2 Å². The van der Waals surface area contributed by atoms with Gasteiger partial charge in [0.15, 0.2) is 0 Å². The van der Waals surface area contributed by atoms with Gasteiger partial charge in [0, 0.05) is 62.7 Å². The molecule has 1 saturated heterocycles. The van der Waals surface area contributed by atoms with E-state index in [0.29, 0.717) is 38.8 Å². The first-order valence-electron chi connectivity index (χ1n) is 12.8. The number of likely N-dealkylation sites (tertiary alicyclic amines) is 1. The van der Waals surface area contributed by atoms with Gasteiger partial charge in [-0.1, -0.05) is 6.92 Å². The van der Waals surface area contributed by atoms with Crippen LogP contribution in [0.1, 0.15) is 39.5 Å². The number of carbonyl (C=O) groups is 1. The number of likely N-dealkylation sites (N-methyl/N-ethyl adjacent to an activating group) is 1. The van der Waals surface area contributed by atoms with Gasteiger partial charge in [-0.2, -0.15) is 0 Å². The van der Waals surface area contributed by atoms with Crippen molar-refractivity contribution in [3.8, 4) is 0 Å². The Morgan fingerprint density at radius 3 is 2.56 bits per heavy atom. The molecule has 4 N–H and O–H groups in total. The average molecular weight is 482 g/mol. The monoisotopic (exact) mass is 481 g/mol. The second-order valence-electron chi connectivity index (χ2n) is 12.0. The predicted octanol–water partition coefficient (Wildman–Crippen LogP) is -0.466. The second kappa shape index (κ2) is 7.15. The van der Waals surface area contributed by atoms with Crippen LogP contribution in [0.4, 0.5) is 0 Å². The lowest BCUT2D eigenvalue weighted by molar-refractivity contribution is -0.323. The minimum Gasteiger partial charge on any atom is -0.462 e. The maximum Gasteiger partial charge on any atom is 0.302 e. The van der Waals surface area contributed by atoms with E-state index in [-0.39, 0.29) is 30.5 Å². The van der Waals surface area contributed by atoms with Gasteiger partial charge < -0.3 is 34.6 Å². The fourth-order valence-electron chi connectivity index (χ4n) is 10.8. The van der Waals surface area contributed by atoms with Crippen LogP contribution in [0.25, 0.3) is 0 Å². The van der Waals surface area contributed by atoms with Crippen molar-refractivity contribution in [3.05, 3.63) is 0 Å². The smallest absolute Gasteiger partial charge is 0.302 e. The Balaban J connectivity index is 1.66. The van der Waals surface area contributed by atoms with Crippen molar-refractivity contribution in [2.45, 2.75) is 81.2 Å². The minimum atomic E-state index is -1.73. The Morgan fingerprint density at radius 2 is 1.97 bits per heavy atom. The molecule has 9 heteroatoms. The van der Waals surface area contributed by atoms with E-state index in [2.05, 4.69) is 4.90 Å². The molecule has 1 heterocycles. The van der Waals surface area contributed by atoms with E-state index in [1.54, 1.807) is 14.2 Å². The van der Waals surface area contributed by atoms with Gasteiger partial charge in [0.05, 0.1) is 31.0 Å². The lowest BCUT2D eigenvalue weighted by Gasteiger charge is -2.70. The van der Waals surface area contributed by atoms with Crippen LogP contribution in [0, 0.1) is 34.5 Å². The molecule has 7 bridgehead atoms. The van der Waals surface area contributed by atoms with Crippen molar-refractivity contribution in [1.82, 2.24) is 4.90 Å². The highest BCUT2D eigenvalue weighted by Gasteiger charge is 2.91. The van der Waals surface area contributed by atoms with Crippen LogP contribution in [0.2, 0.25) is 0 Å². The first kappa shape index (κ1) is 23.6. The number of ether oxygens (including phenoxy) is 3. The average Bonchev–Trinajstić information content (AvgIpc) is 3.18. The number of piperidine rings is 1. The third-order valence-corrected chi connectivity index (χ3v) is 11.5. The molecule has 9 nitrogen and oxygen atoms in total. The van der Waals surface area contributed by atoms with Crippen molar-refractivity contribution in [1.29, 1.82) is 0 Å². The quantitative estimate of drug-likeness (QED) is 0.385. The standard InChI is InChI=1S/C25H39NO8/c1-5-26-10-22(11-27)7-6-16(29)24-14-8-13-15(32-3)9-23(33-4,17(14)18(13)34-12(2)28)25(31,21(24)26)20(30)19(22)24/h13-21,27,29-31H,5-11H2,1-4H3/t13-,14-,15+,16+,17-,18+,19+,20+,21-,22-,23-,24-,25+/m0/s1. The Bertz CT molecular complexity index is 887. The van der Waals surface area contributed by atoms with E-state index in [1.807, 2.05) is 6.92 Å². The Morgan fingerprint density at radius 1 is 1.24 bits per heavy atom. The maximum absolute atomic E-state index is 12.9. The summed E-state index contributed by atoms with van der Waals surface area (Å²) in [5.74, 6) is -1.52. The summed E-state index contributed by atoms with van der Waals surface area (Å²) in [6, 6.07) is -0.534. The number of methoxy groups -OCH3 is 2. The molecule has 0 unspecified atom stereocenters. The van der Waals surface area contributed by atoms with Crippen LogP contribution in [-0.2, 0) is 19.0 Å². The molecule has 0 aromatic rings. The zero-order chi connectivity index (χ0) is 24.4. The van der Waals surface area contributed by atoms with Gasteiger partial charge >= 0.3 is 5.97 Å². The van der Waals surface area contributed by atoms with Crippen LogP contribution in [0.5, 0.6) is 0 Å². The highest BCUT2D eigenvalue weighted by molar-refractivity contribution is 5.66. The largest absolute Gasteiger partial charge is 0.462 e. The SMILES string of the molecule is CCN1C[C@]2(CO)CC[C@@H](O)[C@@]34[C@@H]2[C@@H](O)[C@@](O)([C@@H]13)[C@]1(OC)C[C@@H](OC)[C@@H]2C[C@H]4[C@H]1[C@@H]2OC(C)=O. The molecule has 34 heavy (non-hydrogen) atoms. The lowest BCUT2D eigenvalue weighted by Crippen LogP contribution is -2.82. The number of esters is 1. The van der Waals surface area contributed by atoms with Gasteiger partial charge in [0.1, 0.15) is 17.3 Å². The van der Waals surface area contributed by atoms with Crippen LogP contribution in [0.15, 0.2) is 0 Å². The fourth-order valence-corrected chi connectivity index (χ4v) is 10.8. The Kier molecular flexibility index (Phi) is 4.96. The van der Waals surface area contributed by atoms with Crippen molar-refractivity contribution >= 4 is 5.97 Å². The van der Waals surface area contributed by atoms with E-state index in [9.17, 15) is 25.2 Å². The van der Waals surface area contributed by atoms with Gasteiger partial charge in [-0.15, -0.1) is 0 Å². The number of carbonyl (C=O) groups excluding carboxylic acids is 1. The van der Waals surface area contributed by atoms with E-state index in [1.165, 1.54) is 6.92 Å². The summed E-state index contributed by atoms with van der Waals surface area (Å²) in [6.07, 6.45) is -0.698. The molecule has 5 saturated carbocycles. The molecule has 192 valence electrons. The van der Waals surface area contributed by atoms with Gasteiger partial charge in [0.2, 0.25) is 0 Å². The molecule has 6 aliphatic rings. The molecule has 5 aliphatic carbocycles. The minimum absolute atomic E-state index is 0.0879. The van der Waals surface area contributed by atoms with Crippen LogP contribution in [-0.4, -0.2) is 107 Å². The highest BCUT2D eigenvalue weighted by Crippen LogP contribution is 2.80. The number of aliphatic hydroxyl groups is 4. The van der Waals surface area contributed by atoms with Crippen molar-refractivity contribution in [3.63, 3.8) is 0 Å². The number of nitrogens with zero attached hydrogens (tertiary/aromatic N) is 1. The second-order valence-corrected chi connectivity index (χ2v) is 12.0. The molecule has 0 radical (unpaired) electrons. The molecule has 13 atom stereocenters. The Hall–Kier alpha value is -0.810. The number of hydrogen-bond donors (Lipinski definition) is 4. The lowest BCUT2D eigenvalue weighted by atomic mass is 9.42. The third-order valence-electron chi connectivity index (χ3n) is 11.5. The molecule has 0 aromatic carbocycles. The summed E-state index contributed by atoms with van der Waals surface area (Å²) in [5.41, 5.74) is -4.42. The molecule has 1 aliphatic heterocycles. The summed E-state index contributed by atoms with van der Waals surface area (Å²) in [5, 5.41) is 47.6. The number of hydrogen-bond acceptors (Lipinski definition) is 9. The molecule has 1 spiro atoms. The Labute approximate surface area is 200 Å². The molecular weight excluding hydrogens is 442 g/mol. The summed E-state index contributed by atoms with van der Waals surface area (Å²) in [4.78, 5) is 14.4. The first-order valence-corrected chi connectivity index (χ1v) is 12.8. The zero-order valence-corrected chi connectivity index (χ0v) is 20.5. The number of aliphatic hydroxyl groups excluding tert-OH is 3. The van der Waals surface area contributed by atoms with Gasteiger partial charge in [-0.3, -0.25) is 9.69 Å². The molecular formula is C25H39NO8. The van der Waals surface area contributed by atoms with E-state index >= 15 is 0 Å². The molecule has 0 amide bonds. The topological polar surface area (TPSA) is 129 Å². The van der Waals surface area contributed by atoms with E-state index in [0.717, 1.165) is 0 Å². The van der Waals surface area contributed by atoms with Gasteiger partial charge in [0.25, 0.3) is 0 Å². The highest BCUT2D eigenvalue weighted by atomic mass is 16.6. The molecule has 6 rings (SSSR count). The summed E-state index contributed by atoms with van der Waals surface area (Å²) in [7, 11) is 3.19. The van der Waals surface area contributed by atoms with Gasteiger partial charge in [-0.25, -0.2) is 0 Å². The predicted molar refractivity (Wildman–Crippen MR) is 118 cm³/mol. The number of fused-ring (bicyclic) bond motifs is 2. The third kappa shape index (κ3) is 2.18. The van der Waals surface area contributed by atoms with Crippen LogP contribution < -0.4 is 0 Å². The van der Waals surface area contributed by atoms with Crippen molar-refractivity contribution in [2.24, 2.45) is 34.5 Å². The van der Waals surface area contributed by atoms with Crippen LogP contribution in [0.3, 0.4) is 0 Å².